The molecule has 0 aliphatic carbocycles. The van der Waals surface area contributed by atoms with Gasteiger partial charge in [0.05, 0.1) is 17.3 Å². The number of hydrogen-bond acceptors (Lipinski definition) is 4. The summed E-state index contributed by atoms with van der Waals surface area (Å²) in [4.78, 5) is 19.3. The lowest BCUT2D eigenvalue weighted by molar-refractivity contribution is 0.244. The Bertz CT molecular complexity index is 1340. The standard InChI is InChI=1S/C25H18ClFN4O2/c1-15-21(24-29-23(30-33-24)17-5-3-2-4-6-17)22(16-7-11-19(27)12-8-16)28-25(32)31(15)20-13-9-18(26)10-14-20/h2-14,22H,1H3,(H,28,32). The predicted molar refractivity (Wildman–Crippen MR) is 124 cm³/mol. The molecule has 5 rings (SSSR count). The summed E-state index contributed by atoms with van der Waals surface area (Å²) in [5.41, 5.74) is 3.35. The Morgan fingerprint density at radius 3 is 2.39 bits per heavy atom. The summed E-state index contributed by atoms with van der Waals surface area (Å²) >= 11 is 6.03. The van der Waals surface area contributed by atoms with Crippen molar-refractivity contribution in [3.05, 3.63) is 107 Å². The molecule has 1 N–H and O–H groups in total. The van der Waals surface area contributed by atoms with Crippen molar-refractivity contribution in [1.29, 1.82) is 0 Å². The number of aromatic nitrogens is 2. The number of hydrogen-bond donors (Lipinski definition) is 1. The fourth-order valence-electron chi connectivity index (χ4n) is 3.86. The lowest BCUT2D eigenvalue weighted by atomic mass is 9.94. The highest BCUT2D eigenvalue weighted by atomic mass is 35.5. The van der Waals surface area contributed by atoms with E-state index < -0.39 is 6.04 Å². The predicted octanol–water partition coefficient (Wildman–Crippen LogP) is 6.23. The molecular formula is C25H18ClFN4O2. The summed E-state index contributed by atoms with van der Waals surface area (Å²) in [6, 6.07) is 21.4. The molecule has 0 saturated heterocycles. The number of allylic oxidation sites excluding steroid dienone is 1. The number of urea groups is 1. The van der Waals surface area contributed by atoms with E-state index in [1.54, 1.807) is 36.4 Å². The minimum absolute atomic E-state index is 0.264. The van der Waals surface area contributed by atoms with Crippen molar-refractivity contribution in [1.82, 2.24) is 15.5 Å². The maximum Gasteiger partial charge on any atom is 0.326 e. The largest absolute Gasteiger partial charge is 0.334 e. The monoisotopic (exact) mass is 460 g/mol. The lowest BCUT2D eigenvalue weighted by Crippen LogP contribution is -2.46. The molecule has 33 heavy (non-hydrogen) atoms. The van der Waals surface area contributed by atoms with Gasteiger partial charge in [0, 0.05) is 16.3 Å². The van der Waals surface area contributed by atoms with Crippen LogP contribution in [0.4, 0.5) is 14.9 Å². The number of carbonyl (C=O) groups is 1. The zero-order chi connectivity index (χ0) is 22.9. The number of halogens is 2. The molecule has 1 aromatic heterocycles. The van der Waals surface area contributed by atoms with Gasteiger partial charge in [-0.25, -0.2) is 9.18 Å². The highest BCUT2D eigenvalue weighted by Crippen LogP contribution is 2.39. The molecule has 0 spiro atoms. The topological polar surface area (TPSA) is 71.3 Å². The molecule has 1 aliphatic heterocycles. The van der Waals surface area contributed by atoms with Gasteiger partial charge in [-0.3, -0.25) is 4.90 Å². The van der Waals surface area contributed by atoms with Gasteiger partial charge in [-0.2, -0.15) is 4.98 Å². The van der Waals surface area contributed by atoms with Crippen LogP contribution in [-0.2, 0) is 0 Å². The molecule has 4 aromatic rings. The summed E-state index contributed by atoms with van der Waals surface area (Å²) in [5.74, 6) is 0.327. The van der Waals surface area contributed by atoms with Gasteiger partial charge >= 0.3 is 6.03 Å². The van der Waals surface area contributed by atoms with Crippen molar-refractivity contribution in [2.24, 2.45) is 0 Å². The van der Waals surface area contributed by atoms with E-state index in [2.05, 4.69) is 15.5 Å². The summed E-state index contributed by atoms with van der Waals surface area (Å²) in [5, 5.41) is 7.69. The third-order valence-corrected chi connectivity index (χ3v) is 5.71. The Balaban J connectivity index is 1.65. The van der Waals surface area contributed by atoms with Crippen LogP contribution in [0.2, 0.25) is 5.02 Å². The van der Waals surface area contributed by atoms with E-state index in [0.717, 1.165) is 5.56 Å². The Morgan fingerprint density at radius 2 is 1.70 bits per heavy atom. The fourth-order valence-corrected chi connectivity index (χ4v) is 3.99. The summed E-state index contributed by atoms with van der Waals surface area (Å²) in [6.45, 7) is 1.81. The molecule has 0 radical (unpaired) electrons. The first kappa shape index (κ1) is 20.9. The van der Waals surface area contributed by atoms with E-state index in [1.165, 1.54) is 17.0 Å². The molecule has 1 aliphatic rings. The van der Waals surface area contributed by atoms with Crippen LogP contribution in [0, 0.1) is 5.82 Å². The first-order chi connectivity index (χ1) is 16.0. The fraction of sp³-hybridized carbons (Fsp3) is 0.0800. The number of nitrogens with zero attached hydrogens (tertiary/aromatic N) is 3. The molecule has 3 aromatic carbocycles. The summed E-state index contributed by atoms with van der Waals surface area (Å²) in [6.07, 6.45) is 0. The number of nitrogens with one attached hydrogen (secondary N) is 1. The first-order valence-corrected chi connectivity index (χ1v) is 10.6. The average Bonchev–Trinajstić information content (AvgIpc) is 3.31. The number of benzene rings is 3. The summed E-state index contributed by atoms with van der Waals surface area (Å²) in [7, 11) is 0. The molecule has 0 fully saturated rings. The molecule has 1 atom stereocenters. The van der Waals surface area contributed by atoms with E-state index in [-0.39, 0.29) is 17.7 Å². The van der Waals surface area contributed by atoms with E-state index in [0.29, 0.717) is 33.4 Å². The van der Waals surface area contributed by atoms with Crippen LogP contribution >= 0.6 is 11.6 Å². The average molecular weight is 461 g/mol. The maximum absolute atomic E-state index is 13.6. The van der Waals surface area contributed by atoms with Crippen LogP contribution in [0.1, 0.15) is 24.4 Å². The molecule has 6 nitrogen and oxygen atoms in total. The van der Waals surface area contributed by atoms with Crippen molar-refractivity contribution < 1.29 is 13.7 Å². The van der Waals surface area contributed by atoms with Gasteiger partial charge in [0.25, 0.3) is 5.89 Å². The van der Waals surface area contributed by atoms with Gasteiger partial charge < -0.3 is 9.84 Å². The van der Waals surface area contributed by atoms with E-state index in [4.69, 9.17) is 16.1 Å². The van der Waals surface area contributed by atoms with Crippen LogP contribution in [0.5, 0.6) is 0 Å². The highest BCUT2D eigenvalue weighted by Gasteiger charge is 2.36. The van der Waals surface area contributed by atoms with Gasteiger partial charge in [-0.05, 0) is 48.9 Å². The van der Waals surface area contributed by atoms with Gasteiger partial charge in [0.1, 0.15) is 5.82 Å². The molecule has 2 amide bonds. The zero-order valence-corrected chi connectivity index (χ0v) is 18.3. The molecule has 0 bridgehead atoms. The van der Waals surface area contributed by atoms with Crippen LogP contribution in [0.25, 0.3) is 17.0 Å². The maximum atomic E-state index is 13.6. The Kier molecular flexibility index (Phi) is 5.40. The van der Waals surface area contributed by atoms with Crippen LogP contribution < -0.4 is 10.2 Å². The SMILES string of the molecule is CC1=C(c2nc(-c3ccccc3)no2)C(c2ccc(F)cc2)NC(=O)N1c1ccc(Cl)cc1. The number of amides is 2. The van der Waals surface area contributed by atoms with Crippen LogP contribution in [-0.4, -0.2) is 16.2 Å². The van der Waals surface area contributed by atoms with Crippen molar-refractivity contribution in [2.75, 3.05) is 4.90 Å². The van der Waals surface area contributed by atoms with Crippen LogP contribution in [0.15, 0.2) is 89.1 Å². The van der Waals surface area contributed by atoms with Gasteiger partial charge in [0.15, 0.2) is 0 Å². The number of rotatable bonds is 4. The number of carbonyl (C=O) groups excluding carboxylic acids is 1. The smallest absolute Gasteiger partial charge is 0.326 e. The highest BCUT2D eigenvalue weighted by molar-refractivity contribution is 6.30. The van der Waals surface area contributed by atoms with Crippen molar-refractivity contribution in [3.63, 3.8) is 0 Å². The Morgan fingerprint density at radius 1 is 1.00 bits per heavy atom. The second kappa shape index (κ2) is 8.52. The van der Waals surface area contributed by atoms with E-state index in [9.17, 15) is 9.18 Å². The third kappa shape index (κ3) is 3.99. The van der Waals surface area contributed by atoms with E-state index in [1.807, 2.05) is 37.3 Å². The van der Waals surface area contributed by atoms with Crippen molar-refractivity contribution in [2.45, 2.75) is 13.0 Å². The minimum atomic E-state index is -0.606. The molecule has 0 saturated carbocycles. The van der Waals surface area contributed by atoms with Crippen molar-refractivity contribution >= 4 is 28.9 Å². The normalized spacial score (nSPS) is 16.2. The van der Waals surface area contributed by atoms with Crippen molar-refractivity contribution in [3.8, 4) is 11.4 Å². The molecule has 164 valence electrons. The quantitative estimate of drug-likeness (QED) is 0.392. The molecular weight excluding hydrogens is 443 g/mol. The number of anilines is 1. The second-order valence-electron chi connectivity index (χ2n) is 7.53. The molecule has 8 heteroatoms. The van der Waals surface area contributed by atoms with Crippen LogP contribution in [0.3, 0.4) is 0 Å². The first-order valence-electron chi connectivity index (χ1n) is 10.2. The third-order valence-electron chi connectivity index (χ3n) is 5.46. The molecule has 2 heterocycles. The summed E-state index contributed by atoms with van der Waals surface area (Å²) < 4.78 is 19.2. The lowest BCUT2D eigenvalue weighted by Gasteiger charge is -2.35. The van der Waals surface area contributed by atoms with E-state index >= 15 is 0 Å². The second-order valence-corrected chi connectivity index (χ2v) is 7.97. The zero-order valence-electron chi connectivity index (χ0n) is 17.5. The molecule has 1 unspecified atom stereocenters. The Hall–Kier alpha value is -3.97. The Labute approximate surface area is 194 Å². The van der Waals surface area contributed by atoms with Gasteiger partial charge in [-0.15, -0.1) is 0 Å². The van der Waals surface area contributed by atoms with Gasteiger partial charge in [0.2, 0.25) is 5.82 Å². The van der Waals surface area contributed by atoms with Gasteiger partial charge in [-0.1, -0.05) is 59.2 Å². The minimum Gasteiger partial charge on any atom is -0.334 e.